The quantitative estimate of drug-likeness (QED) is 0.403. The van der Waals surface area contributed by atoms with Gasteiger partial charge in [-0.1, -0.05) is 12.1 Å². The molecular weight excluding hydrogens is 409 g/mol. The van der Waals surface area contributed by atoms with Gasteiger partial charge in [-0.05, 0) is 50.4 Å². The van der Waals surface area contributed by atoms with Crippen molar-refractivity contribution in [1.29, 1.82) is 0 Å². The summed E-state index contributed by atoms with van der Waals surface area (Å²) >= 11 is 0. The second kappa shape index (κ2) is 11.2. The van der Waals surface area contributed by atoms with Gasteiger partial charge in [-0.15, -0.1) is 0 Å². The molecular formula is C22H33F3N4O2. The number of likely N-dealkylation sites (tertiary alicyclic amines) is 1. The number of ether oxygens (including phenoxy) is 1. The summed E-state index contributed by atoms with van der Waals surface area (Å²) in [5, 5.41) is 12.9. The van der Waals surface area contributed by atoms with Crippen molar-refractivity contribution in [3.05, 3.63) is 35.4 Å². The Morgan fingerprint density at radius 2 is 2.03 bits per heavy atom. The Kier molecular flexibility index (Phi) is 8.57. The lowest BCUT2D eigenvalue weighted by Gasteiger charge is -2.35. The molecule has 2 heterocycles. The maximum absolute atomic E-state index is 13.1. The van der Waals surface area contributed by atoms with E-state index in [1.807, 2.05) is 6.92 Å². The third kappa shape index (κ3) is 7.08. The average molecular weight is 443 g/mol. The molecule has 0 bridgehead atoms. The minimum atomic E-state index is -4.37. The van der Waals surface area contributed by atoms with Gasteiger partial charge >= 0.3 is 6.18 Å². The number of hydrogen-bond acceptors (Lipinski definition) is 4. The number of hydrogen-bond donors (Lipinski definition) is 2. The smallest absolute Gasteiger partial charge is 0.393 e. The third-order valence-corrected chi connectivity index (χ3v) is 5.74. The van der Waals surface area contributed by atoms with E-state index in [4.69, 9.17) is 9.73 Å². The summed E-state index contributed by atoms with van der Waals surface area (Å²) in [6, 6.07) is 5.37. The molecule has 1 aromatic carbocycles. The van der Waals surface area contributed by atoms with Crippen molar-refractivity contribution >= 4 is 5.96 Å². The van der Waals surface area contributed by atoms with Crippen LogP contribution in [0, 0.1) is 0 Å². The molecule has 0 aromatic heterocycles. The van der Waals surface area contributed by atoms with E-state index in [2.05, 4.69) is 15.1 Å². The highest BCUT2D eigenvalue weighted by molar-refractivity contribution is 5.80. The number of piperidine rings is 1. The molecule has 0 radical (unpaired) electrons. The van der Waals surface area contributed by atoms with Crippen molar-refractivity contribution < 1.29 is 23.0 Å². The number of aliphatic hydroxyl groups excluding tert-OH is 1. The van der Waals surface area contributed by atoms with Gasteiger partial charge in [-0.2, -0.15) is 13.2 Å². The van der Waals surface area contributed by atoms with Crippen molar-refractivity contribution in [2.24, 2.45) is 4.99 Å². The number of aliphatic hydroxyl groups is 1. The van der Waals surface area contributed by atoms with Crippen LogP contribution in [0.25, 0.3) is 0 Å². The molecule has 0 amide bonds. The second-order valence-electron chi connectivity index (χ2n) is 8.09. The molecule has 2 aliphatic rings. The number of aliphatic imine (C=N–C) groups is 1. The molecule has 2 N–H and O–H groups in total. The Morgan fingerprint density at radius 3 is 2.74 bits per heavy atom. The molecule has 1 aromatic rings. The molecule has 3 rings (SSSR count). The molecule has 2 aliphatic heterocycles. The molecule has 2 fully saturated rings. The van der Waals surface area contributed by atoms with Crippen molar-refractivity contribution in [3.63, 3.8) is 0 Å². The summed E-state index contributed by atoms with van der Waals surface area (Å²) in [6.07, 6.45) is -2.38. The highest BCUT2D eigenvalue weighted by Crippen LogP contribution is 2.32. The lowest BCUT2D eigenvalue weighted by atomic mass is 10.0. The van der Waals surface area contributed by atoms with Gasteiger partial charge < -0.3 is 25.0 Å². The zero-order valence-corrected chi connectivity index (χ0v) is 18.1. The highest BCUT2D eigenvalue weighted by Gasteiger charge is 2.32. The molecule has 174 valence electrons. The summed E-state index contributed by atoms with van der Waals surface area (Å²) in [5.41, 5.74) is -0.126. The van der Waals surface area contributed by atoms with Gasteiger partial charge in [0.25, 0.3) is 0 Å². The van der Waals surface area contributed by atoms with Crippen LogP contribution in [-0.2, 0) is 10.9 Å². The van der Waals surface area contributed by atoms with E-state index in [1.54, 1.807) is 6.07 Å². The highest BCUT2D eigenvalue weighted by atomic mass is 19.4. The lowest BCUT2D eigenvalue weighted by Crippen LogP contribution is -2.48. The summed E-state index contributed by atoms with van der Waals surface area (Å²) in [5.74, 6) is 0.775. The predicted octanol–water partition coefficient (Wildman–Crippen LogP) is 2.89. The van der Waals surface area contributed by atoms with Crippen LogP contribution in [0.4, 0.5) is 13.2 Å². The van der Waals surface area contributed by atoms with Gasteiger partial charge in [0.2, 0.25) is 0 Å². The van der Waals surface area contributed by atoms with Crippen LogP contribution in [0.2, 0.25) is 0 Å². The van der Waals surface area contributed by atoms with E-state index in [0.717, 1.165) is 50.9 Å². The van der Waals surface area contributed by atoms with Crippen molar-refractivity contribution in [3.8, 4) is 0 Å². The predicted molar refractivity (Wildman–Crippen MR) is 114 cm³/mol. The van der Waals surface area contributed by atoms with E-state index in [0.29, 0.717) is 38.3 Å². The van der Waals surface area contributed by atoms with Gasteiger partial charge in [-0.3, -0.25) is 4.99 Å². The monoisotopic (exact) mass is 442 g/mol. The fraction of sp³-hybridized carbons (Fsp3) is 0.682. The fourth-order valence-electron chi connectivity index (χ4n) is 4.01. The summed E-state index contributed by atoms with van der Waals surface area (Å²) in [4.78, 5) is 9.16. The Labute approximate surface area is 182 Å². The minimum absolute atomic E-state index is 0.166. The molecule has 0 spiro atoms. The molecule has 31 heavy (non-hydrogen) atoms. The van der Waals surface area contributed by atoms with E-state index >= 15 is 0 Å². The number of rotatable bonds is 6. The number of guanidine groups is 1. The Bertz CT molecular complexity index is 721. The maximum atomic E-state index is 13.1. The lowest BCUT2D eigenvalue weighted by molar-refractivity contribution is -0.137. The second-order valence-corrected chi connectivity index (χ2v) is 8.09. The Hall–Kier alpha value is -1.84. The van der Waals surface area contributed by atoms with Crippen LogP contribution in [-0.4, -0.2) is 79.4 Å². The number of morpholine rings is 1. The Morgan fingerprint density at radius 1 is 1.26 bits per heavy atom. The van der Waals surface area contributed by atoms with Gasteiger partial charge in [0, 0.05) is 32.7 Å². The van der Waals surface area contributed by atoms with Gasteiger partial charge in [-0.25, -0.2) is 0 Å². The molecule has 0 aliphatic carbocycles. The van der Waals surface area contributed by atoms with E-state index in [-0.39, 0.29) is 6.10 Å². The van der Waals surface area contributed by atoms with E-state index in [9.17, 15) is 18.3 Å². The normalized spacial score (nSPS) is 22.0. The van der Waals surface area contributed by atoms with Crippen LogP contribution in [0.1, 0.15) is 43.4 Å². The van der Waals surface area contributed by atoms with E-state index < -0.39 is 17.8 Å². The van der Waals surface area contributed by atoms with Crippen LogP contribution in [0.5, 0.6) is 0 Å². The first-order chi connectivity index (χ1) is 14.9. The van der Waals surface area contributed by atoms with Gasteiger partial charge in [0.1, 0.15) is 6.10 Å². The van der Waals surface area contributed by atoms with E-state index in [1.165, 1.54) is 12.1 Å². The summed E-state index contributed by atoms with van der Waals surface area (Å²) in [6.45, 7) is 7.72. The van der Waals surface area contributed by atoms with Crippen LogP contribution in [0.3, 0.4) is 0 Å². The van der Waals surface area contributed by atoms with Crippen molar-refractivity contribution in [2.45, 2.75) is 44.6 Å². The van der Waals surface area contributed by atoms with Gasteiger partial charge in [0.05, 0.1) is 24.8 Å². The molecule has 1 atom stereocenters. The topological polar surface area (TPSA) is 60.3 Å². The van der Waals surface area contributed by atoms with Gasteiger partial charge in [0.15, 0.2) is 5.96 Å². The summed E-state index contributed by atoms with van der Waals surface area (Å²) < 4.78 is 45.0. The van der Waals surface area contributed by atoms with Crippen LogP contribution >= 0.6 is 0 Å². The standard InChI is InChI=1S/C22H33F3N4O2/c1-2-26-21(27-9-4-10-28-11-7-19(30)8-12-28)29-13-14-31-20(16-29)17-5-3-6-18(15-17)22(23,24)25/h3,5-6,15,19-20,30H,2,4,7-14,16H2,1H3,(H,26,27). The SMILES string of the molecule is CCNC(=NCCCN1CCC(O)CC1)N1CCOC(c2cccc(C(F)(F)F)c2)C1. The number of halogens is 3. The summed E-state index contributed by atoms with van der Waals surface area (Å²) in [7, 11) is 0. The molecule has 6 nitrogen and oxygen atoms in total. The largest absolute Gasteiger partial charge is 0.416 e. The minimum Gasteiger partial charge on any atom is -0.393 e. The third-order valence-electron chi connectivity index (χ3n) is 5.74. The molecule has 9 heteroatoms. The average Bonchev–Trinajstić information content (AvgIpc) is 2.77. The van der Waals surface area contributed by atoms with Crippen LogP contribution < -0.4 is 5.32 Å². The molecule has 1 unspecified atom stereocenters. The number of nitrogens with one attached hydrogen (secondary N) is 1. The molecule has 0 saturated carbocycles. The van der Waals surface area contributed by atoms with Crippen molar-refractivity contribution in [1.82, 2.24) is 15.1 Å². The van der Waals surface area contributed by atoms with Crippen molar-refractivity contribution in [2.75, 3.05) is 52.4 Å². The molecule has 2 saturated heterocycles. The fourth-order valence-corrected chi connectivity index (χ4v) is 4.01. The first-order valence-corrected chi connectivity index (χ1v) is 11.1. The first kappa shape index (κ1) is 23.8. The number of benzene rings is 1. The zero-order chi connectivity index (χ0) is 22.3. The maximum Gasteiger partial charge on any atom is 0.416 e. The number of alkyl halides is 3. The first-order valence-electron chi connectivity index (χ1n) is 11.1. The number of nitrogens with zero attached hydrogens (tertiary/aromatic N) is 3. The Balaban J connectivity index is 1.57. The van der Waals surface area contributed by atoms with Crippen LogP contribution in [0.15, 0.2) is 29.3 Å². The zero-order valence-electron chi connectivity index (χ0n) is 18.1.